The van der Waals surface area contributed by atoms with E-state index in [4.69, 9.17) is 4.42 Å². The molecular formula is C17H18FN3O3. The Labute approximate surface area is 138 Å². The standard InChI is InChI=1S/C17H18FN3O3/c18-14-4-3-13(12-5-9-24-15(12)14)16(22)20-7-1-2-11(10-20)21-8-6-19-17(21)23/h3-5,9,11H,1-2,6-8,10H2,(H,19,23). The van der Waals surface area contributed by atoms with Gasteiger partial charge in [0.2, 0.25) is 0 Å². The SMILES string of the molecule is O=C(c1ccc(F)c2occc12)N1CCCC(N2CCNC2=O)C1. The number of fused-ring (bicyclic) bond motifs is 1. The lowest BCUT2D eigenvalue weighted by atomic mass is 10.0. The summed E-state index contributed by atoms with van der Waals surface area (Å²) in [5, 5.41) is 3.29. The number of nitrogens with zero attached hydrogens (tertiary/aromatic N) is 2. The van der Waals surface area contributed by atoms with Crippen LogP contribution in [0.15, 0.2) is 28.9 Å². The minimum absolute atomic E-state index is 0.0329. The largest absolute Gasteiger partial charge is 0.461 e. The van der Waals surface area contributed by atoms with Gasteiger partial charge in [-0.2, -0.15) is 0 Å². The number of hydrogen-bond donors (Lipinski definition) is 1. The number of halogens is 1. The maximum absolute atomic E-state index is 13.7. The molecule has 1 N–H and O–H groups in total. The number of rotatable bonds is 2. The van der Waals surface area contributed by atoms with E-state index in [0.29, 0.717) is 37.1 Å². The van der Waals surface area contributed by atoms with Crippen molar-refractivity contribution in [2.24, 2.45) is 0 Å². The van der Waals surface area contributed by atoms with Crippen molar-refractivity contribution in [1.29, 1.82) is 0 Å². The number of carbonyl (C=O) groups excluding carboxylic acids is 2. The lowest BCUT2D eigenvalue weighted by Gasteiger charge is -2.37. The molecule has 3 amide bonds. The summed E-state index contributed by atoms with van der Waals surface area (Å²) in [7, 11) is 0. The molecule has 1 atom stereocenters. The van der Waals surface area contributed by atoms with Gasteiger partial charge in [0.1, 0.15) is 0 Å². The fourth-order valence-corrected chi connectivity index (χ4v) is 3.61. The van der Waals surface area contributed by atoms with Crippen LogP contribution in [-0.2, 0) is 0 Å². The number of hydrogen-bond acceptors (Lipinski definition) is 3. The normalized spacial score (nSPS) is 21.4. The molecule has 1 aromatic carbocycles. The Morgan fingerprint density at radius 1 is 1.29 bits per heavy atom. The maximum Gasteiger partial charge on any atom is 0.317 e. The predicted octanol–water partition coefficient (Wildman–Crippen LogP) is 2.20. The first-order valence-corrected chi connectivity index (χ1v) is 8.14. The van der Waals surface area contributed by atoms with Crippen molar-refractivity contribution < 1.29 is 18.4 Å². The van der Waals surface area contributed by atoms with Crippen LogP contribution in [0.1, 0.15) is 23.2 Å². The van der Waals surface area contributed by atoms with Crippen LogP contribution in [0, 0.1) is 5.82 Å². The molecule has 1 unspecified atom stereocenters. The van der Waals surface area contributed by atoms with Gasteiger partial charge in [-0.15, -0.1) is 0 Å². The minimum atomic E-state index is -0.475. The Morgan fingerprint density at radius 3 is 2.96 bits per heavy atom. The molecule has 0 bridgehead atoms. The summed E-state index contributed by atoms with van der Waals surface area (Å²) in [6.07, 6.45) is 3.12. The summed E-state index contributed by atoms with van der Waals surface area (Å²) in [5.74, 6) is -0.623. The van der Waals surface area contributed by atoms with Gasteiger partial charge in [0.25, 0.3) is 5.91 Å². The van der Waals surface area contributed by atoms with E-state index in [1.165, 1.54) is 18.4 Å². The molecule has 2 aromatic rings. The zero-order valence-corrected chi connectivity index (χ0v) is 13.1. The molecule has 2 saturated heterocycles. The molecule has 24 heavy (non-hydrogen) atoms. The van der Waals surface area contributed by atoms with Crippen LogP contribution in [0.4, 0.5) is 9.18 Å². The van der Waals surface area contributed by atoms with Crippen LogP contribution in [0.25, 0.3) is 11.0 Å². The minimum Gasteiger partial charge on any atom is -0.461 e. The Morgan fingerprint density at radius 2 is 2.17 bits per heavy atom. The number of benzene rings is 1. The lowest BCUT2D eigenvalue weighted by Crippen LogP contribution is -2.50. The zero-order chi connectivity index (χ0) is 16.7. The van der Waals surface area contributed by atoms with Crippen LogP contribution < -0.4 is 5.32 Å². The van der Waals surface area contributed by atoms with Crippen molar-refractivity contribution in [1.82, 2.24) is 15.1 Å². The van der Waals surface area contributed by atoms with Crippen LogP contribution in [-0.4, -0.2) is 54.0 Å². The third kappa shape index (κ3) is 2.40. The summed E-state index contributed by atoms with van der Waals surface area (Å²) in [6.45, 7) is 2.47. The van der Waals surface area contributed by atoms with Crippen molar-refractivity contribution in [3.63, 3.8) is 0 Å². The highest BCUT2D eigenvalue weighted by Crippen LogP contribution is 2.26. The quantitative estimate of drug-likeness (QED) is 0.917. The molecule has 3 heterocycles. The summed E-state index contributed by atoms with van der Waals surface area (Å²) in [5.41, 5.74) is 0.542. The Hall–Kier alpha value is -2.57. The Balaban J connectivity index is 1.58. The van der Waals surface area contributed by atoms with Crippen molar-refractivity contribution in [2.75, 3.05) is 26.2 Å². The smallest absolute Gasteiger partial charge is 0.317 e. The van der Waals surface area contributed by atoms with E-state index < -0.39 is 5.82 Å². The summed E-state index contributed by atoms with van der Waals surface area (Å²) in [4.78, 5) is 28.3. The molecule has 0 saturated carbocycles. The summed E-state index contributed by atoms with van der Waals surface area (Å²) >= 11 is 0. The van der Waals surface area contributed by atoms with Gasteiger partial charge in [-0.1, -0.05) is 0 Å². The van der Waals surface area contributed by atoms with E-state index in [0.717, 1.165) is 12.8 Å². The highest BCUT2D eigenvalue weighted by Gasteiger charge is 2.33. The van der Waals surface area contributed by atoms with E-state index in [2.05, 4.69) is 5.32 Å². The molecule has 1 aromatic heterocycles. The van der Waals surface area contributed by atoms with Gasteiger partial charge in [-0.05, 0) is 31.0 Å². The highest BCUT2D eigenvalue weighted by molar-refractivity contribution is 6.06. The van der Waals surface area contributed by atoms with E-state index in [9.17, 15) is 14.0 Å². The lowest BCUT2D eigenvalue weighted by molar-refractivity contribution is 0.0636. The number of amides is 3. The molecule has 6 nitrogen and oxygen atoms in total. The first-order valence-electron chi connectivity index (χ1n) is 8.14. The first kappa shape index (κ1) is 15.0. The zero-order valence-electron chi connectivity index (χ0n) is 13.1. The molecule has 0 radical (unpaired) electrons. The van der Waals surface area contributed by atoms with Crippen LogP contribution in [0.3, 0.4) is 0 Å². The number of piperidine rings is 1. The molecule has 126 valence electrons. The molecule has 7 heteroatoms. The molecule has 0 aliphatic carbocycles. The fraction of sp³-hybridized carbons (Fsp3) is 0.412. The predicted molar refractivity (Wildman–Crippen MR) is 85.2 cm³/mol. The van der Waals surface area contributed by atoms with Gasteiger partial charge in [-0.3, -0.25) is 4.79 Å². The van der Waals surface area contributed by atoms with Gasteiger partial charge in [0.05, 0.1) is 17.9 Å². The third-order valence-electron chi connectivity index (χ3n) is 4.81. The monoisotopic (exact) mass is 331 g/mol. The third-order valence-corrected chi connectivity index (χ3v) is 4.81. The van der Waals surface area contributed by atoms with Crippen LogP contribution in [0.2, 0.25) is 0 Å². The van der Waals surface area contributed by atoms with Crippen molar-refractivity contribution in [2.45, 2.75) is 18.9 Å². The second kappa shape index (κ2) is 5.81. The van der Waals surface area contributed by atoms with E-state index in [-0.39, 0.29) is 23.6 Å². The van der Waals surface area contributed by atoms with E-state index in [1.54, 1.807) is 15.9 Å². The molecule has 4 rings (SSSR count). The fourth-order valence-electron chi connectivity index (χ4n) is 3.61. The number of carbonyl (C=O) groups is 2. The maximum atomic E-state index is 13.7. The second-order valence-corrected chi connectivity index (χ2v) is 6.23. The number of nitrogens with one attached hydrogen (secondary N) is 1. The number of furan rings is 1. The number of likely N-dealkylation sites (tertiary alicyclic amines) is 1. The first-order chi connectivity index (χ1) is 11.6. The Bertz CT molecular complexity index is 803. The van der Waals surface area contributed by atoms with E-state index in [1.807, 2.05) is 0 Å². The topological polar surface area (TPSA) is 65.8 Å². The van der Waals surface area contributed by atoms with Gasteiger partial charge in [0, 0.05) is 31.6 Å². The summed E-state index contributed by atoms with van der Waals surface area (Å²) < 4.78 is 18.9. The number of urea groups is 1. The van der Waals surface area contributed by atoms with Crippen LogP contribution >= 0.6 is 0 Å². The van der Waals surface area contributed by atoms with Crippen molar-refractivity contribution in [3.05, 3.63) is 35.8 Å². The molecule has 2 fully saturated rings. The van der Waals surface area contributed by atoms with Gasteiger partial charge in [-0.25, -0.2) is 9.18 Å². The van der Waals surface area contributed by atoms with Gasteiger partial charge in [0.15, 0.2) is 11.4 Å². The summed E-state index contributed by atoms with van der Waals surface area (Å²) in [6, 6.07) is 4.34. The average molecular weight is 331 g/mol. The van der Waals surface area contributed by atoms with Gasteiger partial charge >= 0.3 is 6.03 Å². The van der Waals surface area contributed by atoms with Gasteiger partial charge < -0.3 is 19.5 Å². The van der Waals surface area contributed by atoms with Crippen molar-refractivity contribution in [3.8, 4) is 0 Å². The average Bonchev–Trinajstić information content (AvgIpc) is 3.24. The van der Waals surface area contributed by atoms with Crippen molar-refractivity contribution >= 4 is 22.9 Å². The molecule has 2 aliphatic rings. The molecular weight excluding hydrogens is 313 g/mol. The van der Waals surface area contributed by atoms with E-state index >= 15 is 0 Å². The highest BCUT2D eigenvalue weighted by atomic mass is 19.1. The van der Waals surface area contributed by atoms with Crippen LogP contribution in [0.5, 0.6) is 0 Å². The Kier molecular flexibility index (Phi) is 3.63. The second-order valence-electron chi connectivity index (χ2n) is 6.23. The molecule has 2 aliphatic heterocycles. The molecule has 0 spiro atoms.